The molecule has 0 spiro atoms. The lowest BCUT2D eigenvalue weighted by atomic mass is 10.1. The van der Waals surface area contributed by atoms with Gasteiger partial charge >= 0.3 is 16.1 Å². The Kier molecular flexibility index (Phi) is 8.48. The second-order valence-corrected chi connectivity index (χ2v) is 8.26. The Morgan fingerprint density at radius 1 is 1.10 bits per heavy atom. The van der Waals surface area contributed by atoms with E-state index >= 15 is 0 Å². The van der Waals surface area contributed by atoms with Gasteiger partial charge in [0.1, 0.15) is 5.75 Å². The van der Waals surface area contributed by atoms with Crippen molar-refractivity contribution in [2.24, 2.45) is 0 Å². The van der Waals surface area contributed by atoms with Crippen LogP contribution in [-0.4, -0.2) is 45.9 Å². The first-order valence-electron chi connectivity index (χ1n) is 9.43. The summed E-state index contributed by atoms with van der Waals surface area (Å²) in [4.78, 5) is 14.5. The molecule has 0 aliphatic heterocycles. The van der Waals surface area contributed by atoms with Gasteiger partial charge in [0.2, 0.25) is 0 Å². The third kappa shape index (κ3) is 8.13. The zero-order valence-electron chi connectivity index (χ0n) is 17.1. The highest BCUT2D eigenvalue weighted by Crippen LogP contribution is 2.17. The van der Waals surface area contributed by atoms with Crippen LogP contribution < -0.4 is 9.50 Å². The number of ether oxygens (including phenoxy) is 1. The molecular weight excluding hydrogens is 392 g/mol. The molecule has 2 rings (SSSR count). The second-order valence-electron chi connectivity index (χ2n) is 6.68. The number of rotatable bonds is 10. The van der Waals surface area contributed by atoms with Crippen molar-refractivity contribution in [3.63, 3.8) is 0 Å². The van der Waals surface area contributed by atoms with Gasteiger partial charge in [0.15, 0.2) is 0 Å². The van der Waals surface area contributed by atoms with E-state index in [1.807, 2.05) is 24.3 Å². The van der Waals surface area contributed by atoms with Crippen molar-refractivity contribution in [1.82, 2.24) is 4.90 Å². The minimum atomic E-state index is -3.57. The molecule has 0 aliphatic rings. The first kappa shape index (κ1) is 22.7. The molecule has 1 N–H and O–H groups in total. The number of benzene rings is 2. The van der Waals surface area contributed by atoms with E-state index in [9.17, 15) is 13.2 Å². The summed E-state index contributed by atoms with van der Waals surface area (Å²) in [5.41, 5.74) is 2.76. The number of nitrogens with zero attached hydrogens (tertiary/aromatic N) is 1. The molecule has 158 valence electrons. The van der Waals surface area contributed by atoms with Crippen LogP contribution in [0.25, 0.3) is 0 Å². The summed E-state index contributed by atoms with van der Waals surface area (Å²) < 4.78 is 32.4. The number of aryl methyl sites for hydroxylation is 1. The molecule has 0 bridgehead atoms. The minimum Gasteiger partial charge on any atom is -0.385 e. The van der Waals surface area contributed by atoms with E-state index in [0.29, 0.717) is 26.1 Å². The number of amides is 2. The highest BCUT2D eigenvalue weighted by Gasteiger charge is 2.15. The molecule has 29 heavy (non-hydrogen) atoms. The van der Waals surface area contributed by atoms with Crippen LogP contribution in [0.1, 0.15) is 24.5 Å². The van der Waals surface area contributed by atoms with Gasteiger partial charge in [0.25, 0.3) is 0 Å². The van der Waals surface area contributed by atoms with Crippen LogP contribution in [0.15, 0.2) is 48.5 Å². The summed E-state index contributed by atoms with van der Waals surface area (Å²) in [6.07, 6.45) is 2.59. The van der Waals surface area contributed by atoms with Gasteiger partial charge in [0, 0.05) is 32.5 Å². The third-order valence-electron chi connectivity index (χ3n) is 4.19. The number of methoxy groups -OCH3 is 1. The van der Waals surface area contributed by atoms with Crippen molar-refractivity contribution in [1.29, 1.82) is 0 Å². The molecule has 0 saturated carbocycles. The molecule has 0 heterocycles. The summed E-state index contributed by atoms with van der Waals surface area (Å²) >= 11 is 0. The summed E-state index contributed by atoms with van der Waals surface area (Å²) in [5, 5.41) is 2.95. The van der Waals surface area contributed by atoms with E-state index < -0.39 is 10.1 Å². The molecule has 0 aliphatic carbocycles. The van der Waals surface area contributed by atoms with E-state index in [0.717, 1.165) is 29.5 Å². The molecule has 7 nitrogen and oxygen atoms in total. The number of carbonyl (C=O) groups excluding carboxylic acids is 1. The van der Waals surface area contributed by atoms with Crippen LogP contribution in [0.5, 0.6) is 5.75 Å². The van der Waals surface area contributed by atoms with Gasteiger partial charge in [-0.15, -0.1) is 0 Å². The Balaban J connectivity index is 2.09. The molecule has 0 atom stereocenters. The smallest absolute Gasteiger partial charge is 0.322 e. The van der Waals surface area contributed by atoms with Gasteiger partial charge in [-0.05, 0) is 48.2 Å². The molecule has 8 heteroatoms. The van der Waals surface area contributed by atoms with Crippen LogP contribution >= 0.6 is 0 Å². The Labute approximate surface area is 172 Å². The van der Waals surface area contributed by atoms with Gasteiger partial charge in [0.05, 0.1) is 6.26 Å². The van der Waals surface area contributed by atoms with E-state index in [2.05, 4.69) is 12.2 Å². The van der Waals surface area contributed by atoms with Crippen LogP contribution in [0.3, 0.4) is 0 Å². The lowest BCUT2D eigenvalue weighted by Crippen LogP contribution is -2.35. The molecule has 2 aromatic rings. The molecule has 0 radical (unpaired) electrons. The predicted molar refractivity (Wildman–Crippen MR) is 114 cm³/mol. The SMILES string of the molecule is CCc1cccc(NC(=O)N(CCCOC)Cc2ccc(OS(C)(=O)=O)cc2)c1. The molecule has 0 unspecified atom stereocenters. The molecule has 0 aromatic heterocycles. The number of hydrogen-bond acceptors (Lipinski definition) is 5. The molecule has 2 amide bonds. The Morgan fingerprint density at radius 3 is 2.45 bits per heavy atom. The zero-order chi connectivity index (χ0) is 21.3. The van der Waals surface area contributed by atoms with Gasteiger partial charge in [-0.2, -0.15) is 8.42 Å². The topological polar surface area (TPSA) is 84.9 Å². The van der Waals surface area contributed by atoms with Crippen molar-refractivity contribution in [3.8, 4) is 5.75 Å². The standard InChI is InChI=1S/C21H28N2O5S/c1-4-17-7-5-8-19(15-17)22-21(24)23(13-6-14-27-2)16-18-9-11-20(12-10-18)28-29(3,25)26/h5,7-12,15H,4,6,13-14,16H2,1-3H3,(H,22,24). The van der Waals surface area contributed by atoms with Gasteiger partial charge in [-0.1, -0.05) is 31.2 Å². The van der Waals surface area contributed by atoms with E-state index in [1.54, 1.807) is 36.3 Å². The lowest BCUT2D eigenvalue weighted by Gasteiger charge is -2.23. The van der Waals surface area contributed by atoms with Crippen LogP contribution in [0.4, 0.5) is 10.5 Å². The summed E-state index contributed by atoms with van der Waals surface area (Å²) in [5.74, 6) is 0.239. The fourth-order valence-corrected chi connectivity index (χ4v) is 3.23. The fourth-order valence-electron chi connectivity index (χ4n) is 2.77. The first-order chi connectivity index (χ1) is 13.8. The van der Waals surface area contributed by atoms with Crippen LogP contribution in [0.2, 0.25) is 0 Å². The van der Waals surface area contributed by atoms with Crippen LogP contribution in [-0.2, 0) is 27.8 Å². The Hall–Kier alpha value is -2.58. The summed E-state index contributed by atoms with van der Waals surface area (Å²) in [7, 11) is -1.94. The maximum Gasteiger partial charge on any atom is 0.322 e. The highest BCUT2D eigenvalue weighted by atomic mass is 32.2. The minimum absolute atomic E-state index is 0.203. The monoisotopic (exact) mass is 420 g/mol. The number of nitrogens with one attached hydrogen (secondary N) is 1. The van der Waals surface area contributed by atoms with Crippen molar-refractivity contribution in [2.75, 3.05) is 31.8 Å². The molecule has 0 saturated heterocycles. The van der Waals surface area contributed by atoms with E-state index in [1.165, 1.54) is 0 Å². The average Bonchev–Trinajstić information content (AvgIpc) is 2.67. The number of urea groups is 1. The number of carbonyl (C=O) groups is 1. The van der Waals surface area contributed by atoms with Crippen molar-refractivity contribution >= 4 is 21.8 Å². The Morgan fingerprint density at radius 2 is 1.83 bits per heavy atom. The number of hydrogen-bond donors (Lipinski definition) is 1. The number of anilines is 1. The summed E-state index contributed by atoms with van der Waals surface area (Å²) in [6.45, 7) is 3.52. The second kappa shape index (κ2) is 10.8. The third-order valence-corrected chi connectivity index (χ3v) is 4.69. The summed E-state index contributed by atoms with van der Waals surface area (Å²) in [6, 6.07) is 14.2. The first-order valence-corrected chi connectivity index (χ1v) is 11.2. The van der Waals surface area contributed by atoms with Crippen molar-refractivity contribution in [2.45, 2.75) is 26.3 Å². The van der Waals surface area contributed by atoms with Gasteiger partial charge in [-0.25, -0.2) is 4.79 Å². The average molecular weight is 421 g/mol. The normalized spacial score (nSPS) is 11.1. The maximum absolute atomic E-state index is 12.8. The predicted octanol–water partition coefficient (Wildman–Crippen LogP) is 3.66. The van der Waals surface area contributed by atoms with Gasteiger partial charge < -0.3 is 19.1 Å². The molecule has 2 aromatic carbocycles. The largest absolute Gasteiger partial charge is 0.385 e. The fraction of sp³-hybridized carbons (Fsp3) is 0.381. The van der Waals surface area contributed by atoms with Crippen molar-refractivity contribution in [3.05, 3.63) is 59.7 Å². The van der Waals surface area contributed by atoms with E-state index in [4.69, 9.17) is 8.92 Å². The van der Waals surface area contributed by atoms with Crippen molar-refractivity contribution < 1.29 is 22.1 Å². The van der Waals surface area contributed by atoms with Crippen LogP contribution in [0, 0.1) is 0 Å². The van der Waals surface area contributed by atoms with E-state index in [-0.39, 0.29) is 11.8 Å². The molecule has 0 fully saturated rings. The lowest BCUT2D eigenvalue weighted by molar-refractivity contribution is 0.171. The highest BCUT2D eigenvalue weighted by molar-refractivity contribution is 7.86. The maximum atomic E-state index is 12.8. The quantitative estimate of drug-likeness (QED) is 0.468. The zero-order valence-corrected chi connectivity index (χ0v) is 17.9. The van der Waals surface area contributed by atoms with Gasteiger partial charge in [-0.3, -0.25) is 0 Å². The Bertz CT molecular complexity index is 898. The molecular formula is C21H28N2O5S.